The van der Waals surface area contributed by atoms with E-state index in [2.05, 4.69) is 11.5 Å². The Bertz CT molecular complexity index is 85.7. The Morgan fingerprint density at radius 1 is 1.43 bits per heavy atom. The second-order valence-electron chi connectivity index (χ2n) is 1.26. The van der Waals surface area contributed by atoms with E-state index in [0.717, 1.165) is 0 Å². The van der Waals surface area contributed by atoms with Crippen LogP contribution in [-0.2, 0) is 4.57 Å². The van der Waals surface area contributed by atoms with E-state index >= 15 is 0 Å². The maximum Gasteiger partial charge on any atom is 0.122 e. The molecule has 0 unspecified atom stereocenters. The van der Waals surface area contributed by atoms with Crippen LogP contribution >= 0.6 is 7.37 Å². The van der Waals surface area contributed by atoms with E-state index < -0.39 is 7.37 Å². The molecule has 0 fully saturated rings. The van der Waals surface area contributed by atoms with Crippen LogP contribution in [0.15, 0.2) is 0 Å². The van der Waals surface area contributed by atoms with Gasteiger partial charge in [0, 0.05) is 0 Å². The molecule has 0 atom stereocenters. The average Bonchev–Trinajstić information content (AvgIpc) is 1.68. The van der Waals surface area contributed by atoms with Gasteiger partial charge in [-0.3, -0.25) is 0 Å². The fourth-order valence-corrected chi connectivity index (χ4v) is 0.335. The normalized spacial score (nSPS) is 11.9. The van der Waals surface area contributed by atoms with Crippen LogP contribution in [0.1, 0.15) is 0 Å². The van der Waals surface area contributed by atoms with Crippen LogP contribution < -0.4 is 16.4 Å². The van der Waals surface area contributed by atoms with Crippen LogP contribution in [0.3, 0.4) is 0 Å². The van der Waals surface area contributed by atoms with Crippen molar-refractivity contribution in [3.05, 3.63) is 0 Å². The summed E-state index contributed by atoms with van der Waals surface area (Å²) in [6, 6.07) is 0. The molecule has 0 rings (SSSR count). The lowest BCUT2D eigenvalue weighted by atomic mass is 11.5. The smallest absolute Gasteiger partial charge is 0.122 e. The largest absolute Gasteiger partial charge is 0.791 e. The lowest BCUT2D eigenvalue weighted by molar-refractivity contribution is -0.377. The molecule has 0 saturated carbocycles. The number of rotatable bonds is 2. The van der Waals surface area contributed by atoms with Gasteiger partial charge >= 0.3 is 0 Å². The fraction of sp³-hybridized carbons (Fsp3) is 1.00. The maximum atomic E-state index is 10.3. The van der Waals surface area contributed by atoms with Gasteiger partial charge in [0.15, 0.2) is 0 Å². The highest BCUT2D eigenvalue weighted by Crippen LogP contribution is 2.26. The summed E-state index contributed by atoms with van der Waals surface area (Å²) in [4.78, 5) is 10.3. The summed E-state index contributed by atoms with van der Waals surface area (Å²) in [5, 5.41) is 0. The Labute approximate surface area is 42.0 Å². The zero-order valence-electron chi connectivity index (χ0n) is 4.09. The highest BCUT2D eigenvalue weighted by atomic mass is 31.2. The van der Waals surface area contributed by atoms with Crippen LogP contribution in [0.25, 0.3) is 0 Å². The van der Waals surface area contributed by atoms with Crippen LogP contribution in [0.5, 0.6) is 0 Å². The molecule has 0 aromatic carbocycles. The molecule has 0 aliphatic heterocycles. The van der Waals surface area contributed by atoms with Crippen LogP contribution in [0.2, 0.25) is 0 Å². The predicted octanol–water partition coefficient (Wildman–Crippen LogP) is -2.98. The van der Waals surface area contributed by atoms with Crippen molar-refractivity contribution >= 4 is 7.37 Å². The maximum absolute atomic E-state index is 10.3. The molecule has 6 N–H and O–H groups in total. The van der Waals surface area contributed by atoms with Gasteiger partial charge in [-0.15, -0.1) is 0 Å². The molecule has 0 saturated heterocycles. The average molecular weight is 125 g/mol. The summed E-state index contributed by atoms with van der Waals surface area (Å²) in [7, 11) is -3.13. The summed E-state index contributed by atoms with van der Waals surface area (Å²) in [5.41, 5.74) is 6.43. The summed E-state index contributed by atoms with van der Waals surface area (Å²) in [6.07, 6.45) is -0.0347. The zero-order valence-corrected chi connectivity index (χ0v) is 4.99. The van der Waals surface area contributed by atoms with Gasteiger partial charge in [-0.05, 0) is 0 Å². The van der Waals surface area contributed by atoms with Crippen molar-refractivity contribution in [2.24, 2.45) is 0 Å². The van der Waals surface area contributed by atoms with E-state index in [1.807, 2.05) is 0 Å². The monoisotopic (exact) mass is 125 g/mol. The van der Waals surface area contributed by atoms with Gasteiger partial charge in [0.2, 0.25) is 0 Å². The second kappa shape index (κ2) is 2.43. The molecule has 44 valence electrons. The molecule has 0 spiro atoms. The van der Waals surface area contributed by atoms with Gasteiger partial charge in [-0.25, -0.2) is 0 Å². The first-order chi connectivity index (χ1) is 3.12. The van der Waals surface area contributed by atoms with Gasteiger partial charge in [0.05, 0.1) is 0 Å². The van der Waals surface area contributed by atoms with Crippen molar-refractivity contribution in [3.8, 4) is 0 Å². The van der Waals surface area contributed by atoms with Crippen molar-refractivity contribution in [1.82, 2.24) is 0 Å². The van der Waals surface area contributed by atoms with E-state index in [1.54, 1.807) is 0 Å². The molecule has 5 heteroatoms. The summed E-state index contributed by atoms with van der Waals surface area (Å²) >= 11 is 0. The minimum absolute atomic E-state index is 0.0174. The molecule has 0 aliphatic rings. The first kappa shape index (κ1) is 7.11. The quantitative estimate of drug-likeness (QED) is 0.385. The predicted molar refractivity (Wildman–Crippen MR) is 23.1 cm³/mol. The molecule has 7 heavy (non-hydrogen) atoms. The first-order valence-corrected chi connectivity index (χ1v) is 3.99. The van der Waals surface area contributed by atoms with Gasteiger partial charge in [-0.2, -0.15) is 0 Å². The molecule has 0 radical (unpaired) electrons. The molecule has 4 nitrogen and oxygen atoms in total. The van der Waals surface area contributed by atoms with Crippen molar-refractivity contribution in [2.45, 2.75) is 0 Å². The van der Waals surface area contributed by atoms with Crippen molar-refractivity contribution in [3.63, 3.8) is 0 Å². The van der Waals surface area contributed by atoms with Crippen LogP contribution in [0.4, 0.5) is 0 Å². The Morgan fingerprint density at radius 3 is 1.71 bits per heavy atom. The summed E-state index contributed by atoms with van der Waals surface area (Å²) in [5.74, 6) is 0. The minimum Gasteiger partial charge on any atom is -0.791 e. The van der Waals surface area contributed by atoms with Gasteiger partial charge in [-0.1, -0.05) is 0 Å². The zero-order chi connectivity index (χ0) is 5.91. The Balaban J connectivity index is 3.61. The third-order valence-electron chi connectivity index (χ3n) is 0.681. The SMILES string of the molecule is [NH3+]CP(=O)([O-])C[NH3+]. The fourth-order valence-electron chi connectivity index (χ4n) is 0.112. The topological polar surface area (TPSA) is 95.4 Å². The molecule has 0 amide bonds. The third kappa shape index (κ3) is 2.76. The van der Waals surface area contributed by atoms with Gasteiger partial charge in [0.1, 0.15) is 19.9 Å². The van der Waals surface area contributed by atoms with Crippen LogP contribution in [0, 0.1) is 0 Å². The van der Waals surface area contributed by atoms with E-state index in [9.17, 15) is 9.46 Å². The Morgan fingerprint density at radius 2 is 1.71 bits per heavy atom. The van der Waals surface area contributed by atoms with E-state index in [0.29, 0.717) is 0 Å². The second-order valence-corrected chi connectivity index (χ2v) is 3.79. The van der Waals surface area contributed by atoms with E-state index in [1.165, 1.54) is 0 Å². The Hall–Kier alpha value is 0.110. The molecule has 0 heterocycles. The third-order valence-corrected chi connectivity index (χ3v) is 2.04. The van der Waals surface area contributed by atoms with E-state index in [4.69, 9.17) is 0 Å². The van der Waals surface area contributed by atoms with Crippen molar-refractivity contribution in [2.75, 3.05) is 12.6 Å². The van der Waals surface area contributed by atoms with E-state index in [-0.39, 0.29) is 12.6 Å². The lowest BCUT2D eigenvalue weighted by Crippen LogP contribution is -2.58. The first-order valence-electron chi connectivity index (χ1n) is 2.00. The molecule has 0 aliphatic carbocycles. The molecule has 0 bridgehead atoms. The molecule has 0 aromatic rings. The lowest BCUT2D eigenvalue weighted by Gasteiger charge is -2.11. The highest BCUT2D eigenvalue weighted by molar-refractivity contribution is 7.55. The molecule has 0 aromatic heterocycles. The minimum atomic E-state index is -3.13. The molecular formula is C2H10N2O2P+. The number of hydrogen-bond acceptors (Lipinski definition) is 2. The van der Waals surface area contributed by atoms with Gasteiger partial charge < -0.3 is 20.9 Å². The number of quaternary nitrogens is 2. The highest BCUT2D eigenvalue weighted by Gasteiger charge is 2.03. The van der Waals surface area contributed by atoms with Gasteiger partial charge in [0.25, 0.3) is 0 Å². The summed E-state index contributed by atoms with van der Waals surface area (Å²) in [6.45, 7) is 0. The number of hydrogen-bond donors (Lipinski definition) is 2. The Kier molecular flexibility index (Phi) is 2.46. The van der Waals surface area contributed by atoms with Crippen LogP contribution in [-0.4, -0.2) is 12.6 Å². The van der Waals surface area contributed by atoms with Crippen molar-refractivity contribution < 1.29 is 20.9 Å². The standard InChI is InChI=1S/C2H9N2O2P/c3-1-7(5,6)2-4/h1-4H2,(H,5,6)/p+1. The van der Waals surface area contributed by atoms with Crippen molar-refractivity contribution in [1.29, 1.82) is 0 Å². The summed E-state index contributed by atoms with van der Waals surface area (Å²) < 4.78 is 10.3. The molecular weight excluding hydrogens is 115 g/mol.